The summed E-state index contributed by atoms with van der Waals surface area (Å²) in [5, 5.41) is 24.1. The summed E-state index contributed by atoms with van der Waals surface area (Å²) in [7, 11) is 0. The molecule has 0 unspecified atom stereocenters. The van der Waals surface area contributed by atoms with Gasteiger partial charge in [0.15, 0.2) is 5.84 Å². The van der Waals surface area contributed by atoms with E-state index in [-0.39, 0.29) is 23.9 Å². The van der Waals surface area contributed by atoms with Crippen LogP contribution in [-0.4, -0.2) is 27.6 Å². The first kappa shape index (κ1) is 15.8. The van der Waals surface area contributed by atoms with Gasteiger partial charge in [-0.1, -0.05) is 31.1 Å². The zero-order valence-corrected chi connectivity index (χ0v) is 11.8. The highest BCUT2D eigenvalue weighted by Gasteiger charge is 2.33. The molecule has 5 N–H and O–H groups in total. The van der Waals surface area contributed by atoms with E-state index in [1.165, 1.54) is 6.07 Å². The Labute approximate surface area is 118 Å². The molecule has 0 spiro atoms. The number of carbonyl (C=O) groups excluding carboxylic acids is 1. The number of aromatic hydroxyl groups is 1. The monoisotopic (exact) mass is 279 g/mol. The van der Waals surface area contributed by atoms with Crippen LogP contribution in [0.3, 0.4) is 0 Å². The van der Waals surface area contributed by atoms with Gasteiger partial charge in [0.05, 0.1) is 6.42 Å². The number of amides is 1. The highest BCUT2D eigenvalue weighted by molar-refractivity contribution is 5.94. The van der Waals surface area contributed by atoms with E-state index in [1.54, 1.807) is 18.2 Å². The van der Waals surface area contributed by atoms with Gasteiger partial charge in [0.1, 0.15) is 11.3 Å². The molecule has 1 aromatic carbocycles. The molecular formula is C14H21N3O3. The molecule has 0 aliphatic carbocycles. The van der Waals surface area contributed by atoms with Crippen LogP contribution in [0.4, 0.5) is 0 Å². The Balaban J connectivity index is 2.82. The van der Waals surface area contributed by atoms with Crippen LogP contribution in [0.25, 0.3) is 0 Å². The Kier molecular flexibility index (Phi) is 5.37. The summed E-state index contributed by atoms with van der Waals surface area (Å²) < 4.78 is 0. The van der Waals surface area contributed by atoms with Crippen molar-refractivity contribution in [3.63, 3.8) is 0 Å². The summed E-state index contributed by atoms with van der Waals surface area (Å²) in [4.78, 5) is 12.1. The summed E-state index contributed by atoms with van der Waals surface area (Å²) in [6, 6.07) is 6.50. The fraction of sp³-hybridized carbons (Fsp3) is 0.429. The van der Waals surface area contributed by atoms with Crippen LogP contribution in [0.15, 0.2) is 29.4 Å². The van der Waals surface area contributed by atoms with Gasteiger partial charge in [-0.05, 0) is 30.5 Å². The molecule has 0 aliphatic rings. The topological polar surface area (TPSA) is 108 Å². The minimum absolute atomic E-state index is 0.00763. The minimum atomic E-state index is -0.845. The number of benzene rings is 1. The molecule has 110 valence electrons. The minimum Gasteiger partial charge on any atom is -0.508 e. The second kappa shape index (κ2) is 6.79. The van der Waals surface area contributed by atoms with Crippen molar-refractivity contribution in [2.45, 2.75) is 38.6 Å². The normalized spacial score (nSPS) is 12.2. The lowest BCUT2D eigenvalue weighted by molar-refractivity contribution is -0.121. The molecule has 0 saturated carbocycles. The van der Waals surface area contributed by atoms with E-state index in [9.17, 15) is 9.90 Å². The molecule has 0 atom stereocenters. The predicted molar refractivity (Wildman–Crippen MR) is 76.7 cm³/mol. The van der Waals surface area contributed by atoms with E-state index >= 15 is 0 Å². The Hall–Kier alpha value is -2.24. The van der Waals surface area contributed by atoms with Crippen molar-refractivity contribution in [1.29, 1.82) is 0 Å². The molecule has 0 fully saturated rings. The molecular weight excluding hydrogens is 258 g/mol. The number of nitrogens with zero attached hydrogens (tertiary/aromatic N) is 1. The van der Waals surface area contributed by atoms with E-state index in [2.05, 4.69) is 10.5 Å². The van der Waals surface area contributed by atoms with Crippen molar-refractivity contribution in [3.05, 3.63) is 29.8 Å². The molecule has 1 amide bonds. The maximum absolute atomic E-state index is 12.1. The Morgan fingerprint density at radius 1 is 1.40 bits per heavy atom. The summed E-state index contributed by atoms with van der Waals surface area (Å²) in [5.41, 5.74) is 5.54. The molecule has 0 aromatic heterocycles. The van der Waals surface area contributed by atoms with E-state index < -0.39 is 5.54 Å². The van der Waals surface area contributed by atoms with Gasteiger partial charge in [-0.15, -0.1) is 0 Å². The van der Waals surface area contributed by atoms with Crippen molar-refractivity contribution >= 4 is 11.7 Å². The average molecular weight is 279 g/mol. The molecule has 0 saturated heterocycles. The number of amidine groups is 1. The lowest BCUT2D eigenvalue weighted by Gasteiger charge is -2.31. The number of carbonyl (C=O) groups is 1. The zero-order chi connectivity index (χ0) is 15.2. The number of nitrogens with one attached hydrogen (secondary N) is 1. The molecule has 6 heteroatoms. The number of hydrogen-bond acceptors (Lipinski definition) is 4. The smallest absolute Gasteiger partial charge is 0.225 e. The summed E-state index contributed by atoms with van der Waals surface area (Å²) in [6.45, 7) is 3.71. The van der Waals surface area contributed by atoms with Crippen molar-refractivity contribution in [1.82, 2.24) is 5.32 Å². The lowest BCUT2D eigenvalue weighted by atomic mass is 9.91. The predicted octanol–water partition coefficient (Wildman–Crippen LogP) is 1.36. The molecule has 0 bridgehead atoms. The Morgan fingerprint density at radius 3 is 2.55 bits per heavy atom. The molecule has 0 aliphatic heterocycles. The first-order valence-electron chi connectivity index (χ1n) is 6.54. The number of hydrogen-bond donors (Lipinski definition) is 4. The summed E-state index contributed by atoms with van der Waals surface area (Å²) >= 11 is 0. The van der Waals surface area contributed by atoms with Crippen LogP contribution in [0.5, 0.6) is 5.75 Å². The highest BCUT2D eigenvalue weighted by atomic mass is 16.4. The average Bonchev–Trinajstić information content (AvgIpc) is 2.44. The van der Waals surface area contributed by atoms with Gasteiger partial charge >= 0.3 is 0 Å². The SMILES string of the molecule is CCC(CC)(NC(=O)Cc1cccc(O)c1)C(N)=NO. The van der Waals surface area contributed by atoms with Crippen LogP contribution in [0.2, 0.25) is 0 Å². The highest BCUT2D eigenvalue weighted by Crippen LogP contribution is 2.17. The molecule has 0 radical (unpaired) electrons. The van der Waals surface area contributed by atoms with Crippen molar-refractivity contribution in [2.24, 2.45) is 10.9 Å². The quantitative estimate of drug-likeness (QED) is 0.273. The number of rotatable bonds is 6. The third-order valence-electron chi connectivity index (χ3n) is 3.46. The van der Waals surface area contributed by atoms with Gasteiger partial charge in [-0.2, -0.15) is 0 Å². The molecule has 1 aromatic rings. The van der Waals surface area contributed by atoms with Gasteiger partial charge in [-0.25, -0.2) is 0 Å². The van der Waals surface area contributed by atoms with Gasteiger partial charge in [0.2, 0.25) is 5.91 Å². The zero-order valence-electron chi connectivity index (χ0n) is 11.8. The van der Waals surface area contributed by atoms with Crippen LogP contribution in [0.1, 0.15) is 32.3 Å². The van der Waals surface area contributed by atoms with E-state index in [4.69, 9.17) is 10.9 Å². The van der Waals surface area contributed by atoms with E-state index in [0.29, 0.717) is 18.4 Å². The molecule has 1 rings (SSSR count). The molecule has 6 nitrogen and oxygen atoms in total. The number of phenols is 1. The van der Waals surface area contributed by atoms with Gasteiger partial charge < -0.3 is 21.4 Å². The maximum Gasteiger partial charge on any atom is 0.225 e. The first-order chi connectivity index (χ1) is 9.47. The van der Waals surface area contributed by atoms with Crippen LogP contribution >= 0.6 is 0 Å². The van der Waals surface area contributed by atoms with Crippen LogP contribution in [-0.2, 0) is 11.2 Å². The van der Waals surface area contributed by atoms with Crippen molar-refractivity contribution in [2.75, 3.05) is 0 Å². The second-order valence-electron chi connectivity index (χ2n) is 4.67. The number of phenolic OH excluding ortho intramolecular Hbond substituents is 1. The summed E-state index contributed by atoms with van der Waals surface area (Å²) in [5.74, 6) is -0.137. The fourth-order valence-corrected chi connectivity index (χ4v) is 2.11. The Bertz CT molecular complexity index is 496. The first-order valence-corrected chi connectivity index (χ1v) is 6.54. The Morgan fingerprint density at radius 2 is 2.05 bits per heavy atom. The van der Waals surface area contributed by atoms with Gasteiger partial charge in [-0.3, -0.25) is 4.79 Å². The van der Waals surface area contributed by atoms with Crippen molar-refractivity contribution in [3.8, 4) is 5.75 Å². The lowest BCUT2D eigenvalue weighted by Crippen LogP contribution is -2.57. The second-order valence-corrected chi connectivity index (χ2v) is 4.67. The molecule has 0 heterocycles. The summed E-state index contributed by atoms with van der Waals surface area (Å²) in [6.07, 6.45) is 1.16. The third-order valence-corrected chi connectivity index (χ3v) is 3.46. The third kappa shape index (κ3) is 3.63. The van der Waals surface area contributed by atoms with E-state index in [1.807, 2.05) is 13.8 Å². The van der Waals surface area contributed by atoms with Gasteiger partial charge in [0.25, 0.3) is 0 Å². The molecule has 20 heavy (non-hydrogen) atoms. The van der Waals surface area contributed by atoms with Crippen LogP contribution in [0, 0.1) is 0 Å². The number of oxime groups is 1. The fourth-order valence-electron chi connectivity index (χ4n) is 2.11. The largest absolute Gasteiger partial charge is 0.508 e. The van der Waals surface area contributed by atoms with Gasteiger partial charge in [0, 0.05) is 0 Å². The van der Waals surface area contributed by atoms with E-state index in [0.717, 1.165) is 0 Å². The van der Waals surface area contributed by atoms with Crippen LogP contribution < -0.4 is 11.1 Å². The number of nitrogens with two attached hydrogens (primary N) is 1. The standard InChI is InChI=1S/C14H21N3O3/c1-3-14(4-2,13(15)17-20)16-12(19)9-10-6-5-7-11(18)8-10/h5-8,18,20H,3-4,9H2,1-2H3,(H2,15,17)(H,16,19). The van der Waals surface area contributed by atoms with Crippen molar-refractivity contribution < 1.29 is 15.1 Å². The maximum atomic E-state index is 12.1.